The summed E-state index contributed by atoms with van der Waals surface area (Å²) in [6.07, 6.45) is 0. The molecule has 0 spiro atoms. The summed E-state index contributed by atoms with van der Waals surface area (Å²) in [6.45, 7) is 7.53. The number of rotatable bonds is 6. The van der Waals surface area contributed by atoms with E-state index in [-0.39, 0.29) is 23.4 Å². The van der Waals surface area contributed by atoms with Crippen molar-refractivity contribution >= 4 is 23.3 Å². The van der Waals surface area contributed by atoms with Gasteiger partial charge in [-0.3, -0.25) is 9.59 Å². The third-order valence-corrected chi connectivity index (χ3v) is 2.75. The van der Waals surface area contributed by atoms with Gasteiger partial charge in [-0.25, -0.2) is 0 Å². The Kier molecular flexibility index (Phi) is 6.04. The van der Waals surface area contributed by atoms with Crippen LogP contribution in [0.25, 0.3) is 0 Å². The van der Waals surface area contributed by atoms with Crippen molar-refractivity contribution in [2.24, 2.45) is 11.8 Å². The zero-order chi connectivity index (χ0) is 10.4. The van der Waals surface area contributed by atoms with Gasteiger partial charge in [-0.05, 0) is 0 Å². The van der Waals surface area contributed by atoms with E-state index in [0.29, 0.717) is 11.5 Å². The molecule has 0 heterocycles. The van der Waals surface area contributed by atoms with Crippen molar-refractivity contribution in [2.75, 3.05) is 11.5 Å². The summed E-state index contributed by atoms with van der Waals surface area (Å²) in [5.41, 5.74) is 0. The number of Topliss-reactive ketones (excluding diaryl/α,β-unsaturated/α-hetero) is 2. The van der Waals surface area contributed by atoms with Crippen LogP contribution in [-0.4, -0.2) is 23.1 Å². The van der Waals surface area contributed by atoms with Crippen molar-refractivity contribution in [2.45, 2.75) is 27.7 Å². The highest BCUT2D eigenvalue weighted by molar-refractivity contribution is 8.00. The highest BCUT2D eigenvalue weighted by atomic mass is 32.2. The van der Waals surface area contributed by atoms with Gasteiger partial charge in [0.25, 0.3) is 0 Å². The Morgan fingerprint density at radius 3 is 1.46 bits per heavy atom. The summed E-state index contributed by atoms with van der Waals surface area (Å²) in [7, 11) is 0. The van der Waals surface area contributed by atoms with E-state index in [2.05, 4.69) is 0 Å². The van der Waals surface area contributed by atoms with Gasteiger partial charge >= 0.3 is 0 Å². The lowest BCUT2D eigenvalue weighted by molar-refractivity contribution is -0.119. The highest BCUT2D eigenvalue weighted by Gasteiger charge is 2.10. The maximum absolute atomic E-state index is 11.2. The standard InChI is InChI=1S/C10H18O2S/c1-7(2)9(11)5-13-6-10(12)8(3)4/h7-8H,5-6H2,1-4H3. The fourth-order valence-electron chi connectivity index (χ4n) is 0.586. The fourth-order valence-corrected chi connectivity index (χ4v) is 1.76. The maximum Gasteiger partial charge on any atom is 0.145 e. The fraction of sp³-hybridized carbons (Fsp3) is 0.800. The molecule has 0 aromatic carbocycles. The van der Waals surface area contributed by atoms with Crippen molar-refractivity contribution in [1.29, 1.82) is 0 Å². The lowest BCUT2D eigenvalue weighted by Gasteiger charge is -2.04. The first-order chi connectivity index (χ1) is 5.95. The van der Waals surface area contributed by atoms with E-state index in [9.17, 15) is 9.59 Å². The molecular weight excluding hydrogens is 184 g/mol. The third-order valence-electron chi connectivity index (χ3n) is 1.78. The quantitative estimate of drug-likeness (QED) is 0.662. The molecule has 0 saturated carbocycles. The predicted molar refractivity (Wildman–Crippen MR) is 57.0 cm³/mol. The molecule has 0 rings (SSSR count). The molecule has 0 radical (unpaired) electrons. The van der Waals surface area contributed by atoms with E-state index in [0.717, 1.165) is 0 Å². The van der Waals surface area contributed by atoms with Gasteiger partial charge in [0.2, 0.25) is 0 Å². The van der Waals surface area contributed by atoms with Gasteiger partial charge in [-0.15, -0.1) is 11.8 Å². The van der Waals surface area contributed by atoms with Crippen LogP contribution in [0.2, 0.25) is 0 Å². The summed E-state index contributed by atoms with van der Waals surface area (Å²) in [5, 5.41) is 0. The van der Waals surface area contributed by atoms with Crippen LogP contribution in [0.3, 0.4) is 0 Å². The normalized spacial score (nSPS) is 10.9. The molecule has 3 heteroatoms. The Labute approximate surface area is 84.5 Å². The monoisotopic (exact) mass is 202 g/mol. The first kappa shape index (κ1) is 12.7. The summed E-state index contributed by atoms with van der Waals surface area (Å²) in [4.78, 5) is 22.3. The molecule has 2 nitrogen and oxygen atoms in total. The molecule has 0 saturated heterocycles. The zero-order valence-electron chi connectivity index (χ0n) is 8.79. The van der Waals surface area contributed by atoms with Gasteiger partial charge in [0.15, 0.2) is 0 Å². The average Bonchev–Trinajstić information content (AvgIpc) is 2.03. The van der Waals surface area contributed by atoms with Crippen molar-refractivity contribution in [1.82, 2.24) is 0 Å². The van der Waals surface area contributed by atoms with Crippen LogP contribution in [0.4, 0.5) is 0 Å². The summed E-state index contributed by atoms with van der Waals surface area (Å²) in [5.74, 6) is 1.55. The first-order valence-corrected chi connectivity index (χ1v) is 5.73. The third kappa shape index (κ3) is 5.86. The molecule has 0 atom stereocenters. The zero-order valence-corrected chi connectivity index (χ0v) is 9.61. The molecular formula is C10H18O2S. The minimum Gasteiger partial charge on any atom is -0.298 e. The summed E-state index contributed by atoms with van der Waals surface area (Å²) < 4.78 is 0. The second-order valence-electron chi connectivity index (χ2n) is 3.73. The molecule has 0 N–H and O–H groups in total. The van der Waals surface area contributed by atoms with Crippen LogP contribution in [0.5, 0.6) is 0 Å². The Hall–Kier alpha value is -0.310. The summed E-state index contributed by atoms with van der Waals surface area (Å²) >= 11 is 1.43. The Morgan fingerprint density at radius 2 is 1.23 bits per heavy atom. The predicted octanol–water partition coefficient (Wildman–Crippen LogP) is 2.17. The number of hydrogen-bond donors (Lipinski definition) is 0. The molecule has 0 aliphatic heterocycles. The SMILES string of the molecule is CC(C)C(=O)CSCC(=O)C(C)C. The smallest absolute Gasteiger partial charge is 0.145 e. The van der Waals surface area contributed by atoms with E-state index >= 15 is 0 Å². The van der Waals surface area contributed by atoms with Gasteiger partial charge in [0.1, 0.15) is 11.6 Å². The molecule has 0 amide bonds. The van der Waals surface area contributed by atoms with E-state index in [1.807, 2.05) is 27.7 Å². The topological polar surface area (TPSA) is 34.1 Å². The average molecular weight is 202 g/mol. The van der Waals surface area contributed by atoms with Gasteiger partial charge in [-0.2, -0.15) is 0 Å². The number of thioether (sulfide) groups is 1. The Morgan fingerprint density at radius 1 is 0.923 bits per heavy atom. The van der Waals surface area contributed by atoms with Crippen LogP contribution in [0.1, 0.15) is 27.7 Å². The molecule has 76 valence electrons. The van der Waals surface area contributed by atoms with E-state index in [4.69, 9.17) is 0 Å². The minimum atomic E-state index is 0.0849. The lowest BCUT2D eigenvalue weighted by Crippen LogP contribution is -2.14. The lowest BCUT2D eigenvalue weighted by atomic mass is 10.1. The molecule has 0 aliphatic carbocycles. The molecule has 0 bridgehead atoms. The first-order valence-electron chi connectivity index (χ1n) is 4.58. The van der Waals surface area contributed by atoms with Crippen molar-refractivity contribution in [3.05, 3.63) is 0 Å². The molecule has 13 heavy (non-hydrogen) atoms. The maximum atomic E-state index is 11.2. The molecule has 0 fully saturated rings. The molecule has 0 aromatic heterocycles. The number of carbonyl (C=O) groups is 2. The molecule has 0 aliphatic rings. The molecule has 0 aromatic rings. The van der Waals surface area contributed by atoms with Gasteiger partial charge in [-0.1, -0.05) is 27.7 Å². The van der Waals surface area contributed by atoms with E-state index in [1.54, 1.807) is 0 Å². The van der Waals surface area contributed by atoms with Crippen LogP contribution in [-0.2, 0) is 9.59 Å². The second kappa shape index (κ2) is 6.19. The van der Waals surface area contributed by atoms with Crippen molar-refractivity contribution in [3.63, 3.8) is 0 Å². The summed E-state index contributed by atoms with van der Waals surface area (Å²) in [6, 6.07) is 0. The number of ketones is 2. The van der Waals surface area contributed by atoms with Crippen LogP contribution in [0.15, 0.2) is 0 Å². The van der Waals surface area contributed by atoms with Crippen LogP contribution < -0.4 is 0 Å². The Bertz CT molecular complexity index is 165. The minimum absolute atomic E-state index is 0.0849. The molecule has 0 unspecified atom stereocenters. The van der Waals surface area contributed by atoms with Gasteiger partial charge in [0.05, 0.1) is 11.5 Å². The van der Waals surface area contributed by atoms with E-state index in [1.165, 1.54) is 11.8 Å². The van der Waals surface area contributed by atoms with Crippen LogP contribution >= 0.6 is 11.8 Å². The number of hydrogen-bond acceptors (Lipinski definition) is 3. The second-order valence-corrected chi connectivity index (χ2v) is 4.72. The van der Waals surface area contributed by atoms with Crippen molar-refractivity contribution < 1.29 is 9.59 Å². The largest absolute Gasteiger partial charge is 0.298 e. The Balaban J connectivity index is 3.57. The number of carbonyl (C=O) groups excluding carboxylic acids is 2. The van der Waals surface area contributed by atoms with Crippen LogP contribution in [0, 0.1) is 11.8 Å². The van der Waals surface area contributed by atoms with E-state index < -0.39 is 0 Å². The highest BCUT2D eigenvalue weighted by Crippen LogP contribution is 2.08. The van der Waals surface area contributed by atoms with Crippen molar-refractivity contribution in [3.8, 4) is 0 Å². The van der Waals surface area contributed by atoms with Gasteiger partial charge in [0, 0.05) is 11.8 Å². The van der Waals surface area contributed by atoms with Gasteiger partial charge < -0.3 is 0 Å².